The van der Waals surface area contributed by atoms with Crippen LogP contribution in [0.3, 0.4) is 0 Å². The highest BCUT2D eigenvalue weighted by Gasteiger charge is 2.21. The van der Waals surface area contributed by atoms with Crippen molar-refractivity contribution in [2.24, 2.45) is 0 Å². The maximum Gasteiger partial charge on any atom is 0.131 e. The zero-order valence-corrected chi connectivity index (χ0v) is 16.2. The van der Waals surface area contributed by atoms with Gasteiger partial charge in [0.1, 0.15) is 11.5 Å². The Bertz CT molecular complexity index is 661. The molecule has 2 nitrogen and oxygen atoms in total. The number of rotatable bonds is 3. The predicted octanol–water partition coefficient (Wildman–Crippen LogP) is 5.77. The first kappa shape index (κ1) is 18.4. The molecule has 1 radical (unpaired) electrons. The summed E-state index contributed by atoms with van der Waals surface area (Å²) in [6.45, 7) is 13.5. The van der Waals surface area contributed by atoms with E-state index in [0.717, 1.165) is 5.56 Å². The van der Waals surface area contributed by atoms with Gasteiger partial charge in [0.2, 0.25) is 0 Å². The zero-order chi connectivity index (χ0) is 18.1. The van der Waals surface area contributed by atoms with Crippen LogP contribution in [0.15, 0.2) is 30.3 Å². The highest BCUT2D eigenvalue weighted by molar-refractivity contribution is 5.69. The molecule has 0 saturated carbocycles. The highest BCUT2D eigenvalue weighted by Crippen LogP contribution is 2.36. The minimum absolute atomic E-state index is 0.0884. The molecule has 2 aromatic rings. The Kier molecular flexibility index (Phi) is 4.98. The molecule has 0 unspecified atom stereocenters. The Balaban J connectivity index is 2.70. The van der Waals surface area contributed by atoms with E-state index < -0.39 is 0 Å². The number of ether oxygens (including phenoxy) is 2. The van der Waals surface area contributed by atoms with Crippen LogP contribution >= 0.6 is 0 Å². The van der Waals surface area contributed by atoms with E-state index in [2.05, 4.69) is 65.8 Å². The zero-order valence-electron chi connectivity index (χ0n) is 16.2. The number of methoxy groups -OCH3 is 2. The van der Waals surface area contributed by atoms with E-state index in [9.17, 15) is 0 Å². The molecule has 0 bridgehead atoms. The Morgan fingerprint density at radius 2 is 1.00 bits per heavy atom. The van der Waals surface area contributed by atoms with Crippen LogP contribution in [0.1, 0.15) is 52.7 Å². The van der Waals surface area contributed by atoms with E-state index in [-0.39, 0.29) is 10.8 Å². The summed E-state index contributed by atoms with van der Waals surface area (Å²) < 4.78 is 10.8. The molecule has 2 rings (SSSR count). The minimum atomic E-state index is 0.0884. The van der Waals surface area contributed by atoms with Gasteiger partial charge in [-0.2, -0.15) is 0 Å². The maximum atomic E-state index is 5.38. The number of hydrogen-bond acceptors (Lipinski definition) is 2. The first-order valence-electron chi connectivity index (χ1n) is 8.36. The lowest BCUT2D eigenvalue weighted by molar-refractivity contribution is 0.393. The van der Waals surface area contributed by atoms with E-state index >= 15 is 0 Å². The number of benzene rings is 2. The highest BCUT2D eigenvalue weighted by atomic mass is 16.5. The second-order valence-electron chi connectivity index (χ2n) is 8.30. The van der Waals surface area contributed by atoms with Gasteiger partial charge in [-0.15, -0.1) is 0 Å². The van der Waals surface area contributed by atoms with E-state index in [1.807, 2.05) is 12.1 Å². The SMILES string of the molecule is COc1[c]c(OC)cc(-c2cc(C(C)(C)C)cc(C(C)(C)C)c2)c1. The summed E-state index contributed by atoms with van der Waals surface area (Å²) in [6.07, 6.45) is 0. The predicted molar refractivity (Wildman–Crippen MR) is 101 cm³/mol. The lowest BCUT2D eigenvalue weighted by atomic mass is 9.79. The summed E-state index contributed by atoms with van der Waals surface area (Å²) in [5, 5.41) is 0. The summed E-state index contributed by atoms with van der Waals surface area (Å²) in [5.74, 6) is 1.37. The quantitative estimate of drug-likeness (QED) is 0.713. The fourth-order valence-electron chi connectivity index (χ4n) is 2.56. The molecule has 0 fully saturated rings. The molecule has 0 aliphatic rings. The van der Waals surface area contributed by atoms with Gasteiger partial charge in [-0.1, -0.05) is 59.7 Å². The smallest absolute Gasteiger partial charge is 0.131 e. The third kappa shape index (κ3) is 4.11. The molecule has 2 aromatic carbocycles. The Labute approximate surface area is 146 Å². The molecular weight excluding hydrogens is 296 g/mol. The molecule has 0 saturated heterocycles. The summed E-state index contributed by atoms with van der Waals surface area (Å²) >= 11 is 0. The van der Waals surface area contributed by atoms with Crippen molar-refractivity contribution in [2.75, 3.05) is 14.2 Å². The Morgan fingerprint density at radius 3 is 1.33 bits per heavy atom. The van der Waals surface area contributed by atoms with E-state index in [0.29, 0.717) is 11.5 Å². The monoisotopic (exact) mass is 325 g/mol. The van der Waals surface area contributed by atoms with Gasteiger partial charge < -0.3 is 9.47 Å². The van der Waals surface area contributed by atoms with Crippen LogP contribution in [0.4, 0.5) is 0 Å². The van der Waals surface area contributed by atoms with Crippen LogP contribution in [0.5, 0.6) is 11.5 Å². The summed E-state index contributed by atoms with van der Waals surface area (Å²) in [6, 6.07) is 14.0. The normalized spacial score (nSPS) is 12.2. The molecule has 0 aromatic heterocycles. The van der Waals surface area contributed by atoms with Crippen LogP contribution in [0.2, 0.25) is 0 Å². The van der Waals surface area contributed by atoms with Crippen molar-refractivity contribution in [2.45, 2.75) is 52.4 Å². The van der Waals surface area contributed by atoms with Crippen molar-refractivity contribution in [3.63, 3.8) is 0 Å². The molecule has 0 amide bonds. The van der Waals surface area contributed by atoms with Gasteiger partial charge >= 0.3 is 0 Å². The summed E-state index contributed by atoms with van der Waals surface area (Å²) in [4.78, 5) is 0. The van der Waals surface area contributed by atoms with Crippen molar-refractivity contribution in [1.29, 1.82) is 0 Å². The van der Waals surface area contributed by atoms with Crippen molar-refractivity contribution in [3.8, 4) is 22.6 Å². The van der Waals surface area contributed by atoms with Gasteiger partial charge in [-0.3, -0.25) is 0 Å². The largest absolute Gasteiger partial charge is 0.496 e. The van der Waals surface area contributed by atoms with Crippen LogP contribution in [-0.2, 0) is 10.8 Å². The molecule has 24 heavy (non-hydrogen) atoms. The van der Waals surface area contributed by atoms with E-state index in [4.69, 9.17) is 9.47 Å². The summed E-state index contributed by atoms with van der Waals surface area (Å²) in [7, 11) is 3.31. The average Bonchev–Trinajstić information content (AvgIpc) is 2.52. The second-order valence-corrected chi connectivity index (χ2v) is 8.30. The number of hydrogen-bond donors (Lipinski definition) is 0. The van der Waals surface area contributed by atoms with Gasteiger partial charge in [0, 0.05) is 0 Å². The van der Waals surface area contributed by atoms with E-state index in [1.165, 1.54) is 16.7 Å². The molecule has 0 spiro atoms. The molecule has 0 atom stereocenters. The maximum absolute atomic E-state index is 5.38. The molecule has 0 aliphatic heterocycles. The van der Waals surface area contributed by atoms with Crippen LogP contribution < -0.4 is 9.47 Å². The van der Waals surface area contributed by atoms with Gasteiger partial charge in [0.25, 0.3) is 0 Å². The molecular formula is C22H29O2. The fourth-order valence-corrected chi connectivity index (χ4v) is 2.56. The van der Waals surface area contributed by atoms with Crippen molar-refractivity contribution >= 4 is 0 Å². The van der Waals surface area contributed by atoms with Crippen LogP contribution in [-0.4, -0.2) is 14.2 Å². The topological polar surface area (TPSA) is 18.5 Å². The molecule has 129 valence electrons. The molecule has 0 N–H and O–H groups in total. The summed E-state index contributed by atoms with van der Waals surface area (Å²) in [5.41, 5.74) is 5.10. The molecule has 0 heterocycles. The van der Waals surface area contributed by atoms with Gasteiger partial charge in [-0.25, -0.2) is 0 Å². The van der Waals surface area contributed by atoms with Gasteiger partial charge in [0.05, 0.1) is 20.3 Å². The lowest BCUT2D eigenvalue weighted by Gasteiger charge is -2.26. The van der Waals surface area contributed by atoms with E-state index in [1.54, 1.807) is 14.2 Å². The van der Waals surface area contributed by atoms with Gasteiger partial charge in [0.15, 0.2) is 0 Å². The first-order valence-corrected chi connectivity index (χ1v) is 8.36. The van der Waals surface area contributed by atoms with Crippen molar-refractivity contribution < 1.29 is 9.47 Å². The lowest BCUT2D eigenvalue weighted by Crippen LogP contribution is -2.16. The molecule has 2 heteroatoms. The van der Waals surface area contributed by atoms with Crippen LogP contribution in [0, 0.1) is 6.07 Å². The first-order chi connectivity index (χ1) is 11.0. The van der Waals surface area contributed by atoms with Crippen molar-refractivity contribution in [1.82, 2.24) is 0 Å². The minimum Gasteiger partial charge on any atom is -0.496 e. The Morgan fingerprint density at radius 1 is 0.625 bits per heavy atom. The van der Waals surface area contributed by atoms with Gasteiger partial charge in [-0.05, 0) is 45.2 Å². The average molecular weight is 325 g/mol. The van der Waals surface area contributed by atoms with Crippen LogP contribution in [0.25, 0.3) is 11.1 Å². The Hall–Kier alpha value is -1.96. The fraction of sp³-hybridized carbons (Fsp3) is 0.455. The van der Waals surface area contributed by atoms with Crippen molar-refractivity contribution in [3.05, 3.63) is 47.5 Å². The third-order valence-electron chi connectivity index (χ3n) is 4.26. The molecule has 0 aliphatic carbocycles. The third-order valence-corrected chi connectivity index (χ3v) is 4.26. The second kappa shape index (κ2) is 6.51. The standard InChI is InChI=1S/C22H29O2/c1-21(2,3)17-9-15(10-18(13-17)22(4,5)6)16-11-19(23-7)14-20(12-16)24-8/h9-13H,1-8H3.